The van der Waals surface area contributed by atoms with Crippen molar-refractivity contribution in [3.63, 3.8) is 0 Å². The van der Waals surface area contributed by atoms with Gasteiger partial charge in [0.25, 0.3) is 0 Å². The van der Waals surface area contributed by atoms with Crippen LogP contribution in [0.1, 0.15) is 36.0 Å². The Hall–Kier alpha value is -2.43. The van der Waals surface area contributed by atoms with Crippen molar-refractivity contribution in [2.24, 2.45) is 11.3 Å². The van der Waals surface area contributed by atoms with Gasteiger partial charge in [0.2, 0.25) is 0 Å². The lowest BCUT2D eigenvalue weighted by atomic mass is 9.74. The van der Waals surface area contributed by atoms with Crippen molar-refractivity contribution >= 4 is 17.7 Å². The topological polar surface area (TPSA) is 69.7 Å². The molecule has 0 unspecified atom stereocenters. The maximum Gasteiger partial charge on any atom is 0.323 e. The third-order valence-corrected chi connectivity index (χ3v) is 4.67. The Kier molecular flexibility index (Phi) is 5.54. The minimum absolute atomic E-state index is 0.0267. The van der Waals surface area contributed by atoms with Crippen LogP contribution in [-0.2, 0) is 19.1 Å². The smallest absolute Gasteiger partial charge is 0.323 e. The Bertz CT molecular complexity index is 631. The van der Waals surface area contributed by atoms with E-state index in [2.05, 4.69) is 6.58 Å². The monoisotopic (exact) mass is 330 g/mol. The molecule has 0 radical (unpaired) electrons. The molecule has 1 fully saturated rings. The van der Waals surface area contributed by atoms with Gasteiger partial charge in [0, 0.05) is 11.5 Å². The second-order valence-corrected chi connectivity index (χ2v) is 6.06. The van der Waals surface area contributed by atoms with Crippen LogP contribution in [0.15, 0.2) is 42.5 Å². The van der Waals surface area contributed by atoms with E-state index in [4.69, 9.17) is 9.47 Å². The zero-order chi connectivity index (χ0) is 17.7. The number of hydrogen-bond acceptors (Lipinski definition) is 5. The van der Waals surface area contributed by atoms with Gasteiger partial charge in [-0.1, -0.05) is 42.5 Å². The van der Waals surface area contributed by atoms with E-state index in [1.165, 1.54) is 14.2 Å². The molecule has 0 spiro atoms. The van der Waals surface area contributed by atoms with Crippen LogP contribution in [0.25, 0.3) is 0 Å². The van der Waals surface area contributed by atoms with Gasteiger partial charge in [0.05, 0.1) is 14.2 Å². The molecular formula is C19H22O5. The number of rotatable bonds is 4. The zero-order valence-corrected chi connectivity index (χ0v) is 14.0. The van der Waals surface area contributed by atoms with Crippen molar-refractivity contribution in [3.05, 3.63) is 48.0 Å². The van der Waals surface area contributed by atoms with Crippen molar-refractivity contribution in [2.45, 2.75) is 25.7 Å². The molecule has 5 heteroatoms. The van der Waals surface area contributed by atoms with Gasteiger partial charge < -0.3 is 9.47 Å². The zero-order valence-electron chi connectivity index (χ0n) is 14.0. The molecule has 1 aliphatic carbocycles. The van der Waals surface area contributed by atoms with Crippen LogP contribution < -0.4 is 0 Å². The number of allylic oxidation sites excluding steroid dienone is 1. The minimum Gasteiger partial charge on any atom is -0.468 e. The highest BCUT2D eigenvalue weighted by Crippen LogP contribution is 2.42. The number of carbonyl (C=O) groups is 3. The molecule has 0 heterocycles. The fraction of sp³-hybridized carbons (Fsp3) is 0.421. The minimum atomic E-state index is -1.46. The normalized spacial score (nSPS) is 19.9. The van der Waals surface area contributed by atoms with E-state index >= 15 is 0 Å². The molecule has 0 aromatic heterocycles. The maximum absolute atomic E-state index is 12.9. The van der Waals surface area contributed by atoms with E-state index in [1.807, 2.05) is 6.07 Å². The molecule has 2 rings (SSSR count). The lowest BCUT2D eigenvalue weighted by Crippen LogP contribution is -2.43. The van der Waals surface area contributed by atoms with Gasteiger partial charge in [0.1, 0.15) is 0 Å². The Morgan fingerprint density at radius 2 is 1.67 bits per heavy atom. The second kappa shape index (κ2) is 7.43. The molecule has 1 atom stereocenters. The van der Waals surface area contributed by atoms with Gasteiger partial charge in [-0.05, 0) is 25.7 Å². The summed E-state index contributed by atoms with van der Waals surface area (Å²) in [6, 6.07) is 8.82. The van der Waals surface area contributed by atoms with Crippen LogP contribution in [0.4, 0.5) is 0 Å². The highest BCUT2D eigenvalue weighted by atomic mass is 16.5. The summed E-state index contributed by atoms with van der Waals surface area (Å²) < 4.78 is 9.72. The number of carbonyl (C=O) groups excluding carboxylic acids is 3. The van der Waals surface area contributed by atoms with E-state index in [-0.39, 0.29) is 18.6 Å². The second-order valence-electron chi connectivity index (χ2n) is 6.06. The van der Waals surface area contributed by atoms with Crippen molar-refractivity contribution < 1.29 is 23.9 Å². The van der Waals surface area contributed by atoms with E-state index in [0.29, 0.717) is 18.4 Å². The predicted molar refractivity (Wildman–Crippen MR) is 88.3 cm³/mol. The van der Waals surface area contributed by atoms with Crippen LogP contribution in [0.3, 0.4) is 0 Å². The first-order valence-electron chi connectivity index (χ1n) is 7.90. The van der Waals surface area contributed by atoms with Crippen molar-refractivity contribution in [2.75, 3.05) is 14.2 Å². The summed E-state index contributed by atoms with van der Waals surface area (Å²) in [6.45, 7) is 4.01. The number of Topliss-reactive ketones (excluding diaryl/α,β-unsaturated/α-hetero) is 1. The first-order chi connectivity index (χ1) is 11.5. The lowest BCUT2D eigenvalue weighted by Gasteiger charge is -2.29. The summed E-state index contributed by atoms with van der Waals surface area (Å²) in [5.74, 6) is -2.07. The summed E-state index contributed by atoms with van der Waals surface area (Å²) in [4.78, 5) is 37.7. The molecule has 0 bridgehead atoms. The average Bonchev–Trinajstić information content (AvgIpc) is 2.80. The Balaban J connectivity index is 2.43. The first kappa shape index (κ1) is 17.9. The maximum atomic E-state index is 12.9. The predicted octanol–water partition coefficient (Wildman–Crippen LogP) is 2.95. The van der Waals surface area contributed by atoms with Gasteiger partial charge in [-0.15, -0.1) is 0 Å². The summed E-state index contributed by atoms with van der Waals surface area (Å²) in [7, 11) is 2.47. The lowest BCUT2D eigenvalue weighted by molar-refractivity contribution is -0.170. The number of hydrogen-bond donors (Lipinski definition) is 0. The fourth-order valence-corrected chi connectivity index (χ4v) is 3.31. The summed E-state index contributed by atoms with van der Waals surface area (Å²) in [5.41, 5.74) is -0.189. The molecule has 0 N–H and O–H groups in total. The van der Waals surface area contributed by atoms with Gasteiger partial charge in [-0.3, -0.25) is 14.4 Å². The number of ketones is 1. The molecule has 1 aromatic rings. The van der Waals surface area contributed by atoms with Crippen LogP contribution in [0.5, 0.6) is 0 Å². The number of methoxy groups -OCH3 is 2. The molecule has 24 heavy (non-hydrogen) atoms. The van der Waals surface area contributed by atoms with E-state index in [1.54, 1.807) is 24.3 Å². The van der Waals surface area contributed by atoms with E-state index < -0.39 is 23.3 Å². The van der Waals surface area contributed by atoms with Gasteiger partial charge >= 0.3 is 11.9 Å². The van der Waals surface area contributed by atoms with Gasteiger partial charge in [-0.2, -0.15) is 0 Å². The Morgan fingerprint density at radius 1 is 1.08 bits per heavy atom. The third-order valence-electron chi connectivity index (χ3n) is 4.67. The summed E-state index contributed by atoms with van der Waals surface area (Å²) in [5, 5.41) is 0. The molecule has 1 aliphatic rings. The summed E-state index contributed by atoms with van der Waals surface area (Å²) in [6.07, 6.45) is 1.46. The molecule has 128 valence electrons. The Labute approximate surface area is 141 Å². The first-order valence-corrected chi connectivity index (χ1v) is 7.90. The third kappa shape index (κ3) is 3.25. The van der Waals surface area contributed by atoms with Crippen LogP contribution in [0, 0.1) is 11.3 Å². The van der Waals surface area contributed by atoms with Crippen LogP contribution in [-0.4, -0.2) is 31.9 Å². The number of benzene rings is 1. The van der Waals surface area contributed by atoms with Gasteiger partial charge in [0.15, 0.2) is 11.2 Å². The summed E-state index contributed by atoms with van der Waals surface area (Å²) >= 11 is 0. The standard InChI is InChI=1S/C19H22O5/c1-13-8-7-11-19(17(21)23-2,18(22)24-3)12-15(13)16(20)14-9-5-4-6-10-14/h4-6,9-10,15H,1,7-8,11-12H2,2-3H3/t15-/m0/s1. The highest BCUT2D eigenvalue weighted by Gasteiger charge is 2.52. The molecule has 0 amide bonds. The SMILES string of the molecule is C=C1CCCC(C(=O)OC)(C(=O)OC)C[C@@H]1C(=O)c1ccccc1. The highest BCUT2D eigenvalue weighted by molar-refractivity contribution is 6.03. The molecule has 5 nitrogen and oxygen atoms in total. The number of ether oxygens (including phenoxy) is 2. The van der Waals surface area contributed by atoms with Gasteiger partial charge in [-0.25, -0.2) is 0 Å². The van der Waals surface area contributed by atoms with Crippen molar-refractivity contribution in [3.8, 4) is 0 Å². The number of esters is 2. The molecule has 0 saturated heterocycles. The fourth-order valence-electron chi connectivity index (χ4n) is 3.31. The van der Waals surface area contributed by atoms with Crippen LogP contribution >= 0.6 is 0 Å². The quantitative estimate of drug-likeness (QED) is 0.279. The molecule has 0 aliphatic heterocycles. The van der Waals surface area contributed by atoms with Crippen LogP contribution in [0.2, 0.25) is 0 Å². The molecule has 1 saturated carbocycles. The molecular weight excluding hydrogens is 308 g/mol. The largest absolute Gasteiger partial charge is 0.468 e. The average molecular weight is 330 g/mol. The van der Waals surface area contributed by atoms with E-state index in [9.17, 15) is 14.4 Å². The van der Waals surface area contributed by atoms with Crippen molar-refractivity contribution in [1.29, 1.82) is 0 Å². The van der Waals surface area contributed by atoms with Crippen molar-refractivity contribution in [1.82, 2.24) is 0 Å². The molecule has 1 aromatic carbocycles. The van der Waals surface area contributed by atoms with E-state index in [0.717, 1.165) is 5.57 Å². The Morgan fingerprint density at radius 3 is 2.21 bits per heavy atom.